The molecular weight excluding hydrogens is 402 g/mol. The van der Waals surface area contributed by atoms with Crippen LogP contribution in [0, 0.1) is 13.8 Å². The van der Waals surface area contributed by atoms with E-state index >= 15 is 0 Å². The van der Waals surface area contributed by atoms with Crippen LogP contribution in [0.2, 0.25) is 0 Å². The summed E-state index contributed by atoms with van der Waals surface area (Å²) in [6, 6.07) is 15.7. The van der Waals surface area contributed by atoms with Crippen LogP contribution in [-0.2, 0) is 13.1 Å². The van der Waals surface area contributed by atoms with Crippen LogP contribution in [0.1, 0.15) is 29.4 Å². The zero-order chi connectivity index (χ0) is 22.3. The molecule has 4 rings (SSSR count). The third kappa shape index (κ3) is 5.21. The fourth-order valence-corrected chi connectivity index (χ4v) is 3.19. The van der Waals surface area contributed by atoms with Crippen molar-refractivity contribution in [1.29, 1.82) is 0 Å². The molecule has 0 aliphatic heterocycles. The Morgan fingerprint density at radius 1 is 1.03 bits per heavy atom. The molecule has 0 radical (unpaired) electrons. The van der Waals surface area contributed by atoms with Gasteiger partial charge in [-0.15, -0.1) is 10.2 Å². The van der Waals surface area contributed by atoms with Crippen molar-refractivity contribution in [2.45, 2.75) is 33.9 Å². The highest BCUT2D eigenvalue weighted by molar-refractivity contribution is 5.79. The topological polar surface area (TPSA) is 88.7 Å². The molecule has 0 saturated carbocycles. The van der Waals surface area contributed by atoms with Crippen molar-refractivity contribution in [3.8, 4) is 11.6 Å². The summed E-state index contributed by atoms with van der Waals surface area (Å²) in [4.78, 5) is 9.02. The summed E-state index contributed by atoms with van der Waals surface area (Å²) in [5.41, 5.74) is 4.24. The average molecular weight is 430 g/mol. The van der Waals surface area contributed by atoms with Crippen molar-refractivity contribution in [2.24, 2.45) is 4.99 Å². The van der Waals surface area contributed by atoms with Gasteiger partial charge in [-0.2, -0.15) is 0 Å². The van der Waals surface area contributed by atoms with Crippen LogP contribution in [0.25, 0.3) is 5.65 Å². The minimum atomic E-state index is 0.488. The van der Waals surface area contributed by atoms with Gasteiger partial charge in [0.15, 0.2) is 17.4 Å². The van der Waals surface area contributed by atoms with Crippen LogP contribution < -0.4 is 15.4 Å². The summed E-state index contributed by atoms with van der Waals surface area (Å²) in [6.45, 7) is 7.93. The molecule has 2 N–H and O–H groups in total. The number of ether oxygens (including phenoxy) is 1. The molecular formula is C24H27N7O. The molecule has 8 heteroatoms. The monoisotopic (exact) mass is 429 g/mol. The van der Waals surface area contributed by atoms with Crippen LogP contribution in [0.3, 0.4) is 0 Å². The summed E-state index contributed by atoms with van der Waals surface area (Å²) < 4.78 is 7.89. The number of aromatic nitrogens is 4. The Kier molecular flexibility index (Phi) is 6.60. The Labute approximate surface area is 187 Å². The SMILES string of the molecule is CCNC(=NCc1ccnc(Oc2ccc(C)c(C)c2)c1)NCc1nnc2ccccn12. The van der Waals surface area contributed by atoms with Crippen molar-refractivity contribution >= 4 is 11.6 Å². The van der Waals surface area contributed by atoms with E-state index in [4.69, 9.17) is 9.73 Å². The van der Waals surface area contributed by atoms with E-state index in [0.717, 1.165) is 29.3 Å². The maximum atomic E-state index is 5.94. The van der Waals surface area contributed by atoms with Gasteiger partial charge >= 0.3 is 0 Å². The Morgan fingerprint density at radius 2 is 1.94 bits per heavy atom. The van der Waals surface area contributed by atoms with E-state index in [-0.39, 0.29) is 0 Å². The van der Waals surface area contributed by atoms with E-state index in [0.29, 0.717) is 24.9 Å². The van der Waals surface area contributed by atoms with Crippen LogP contribution >= 0.6 is 0 Å². The lowest BCUT2D eigenvalue weighted by molar-refractivity contribution is 0.461. The van der Waals surface area contributed by atoms with Crippen molar-refractivity contribution < 1.29 is 4.74 Å². The Morgan fingerprint density at radius 3 is 2.78 bits per heavy atom. The standard InChI is InChI=1S/C24H27N7O/c1-4-25-24(28-16-22-30-29-21-7-5-6-12-31(21)22)27-15-19-10-11-26-23(14-19)32-20-9-8-17(2)18(3)13-20/h5-14H,4,15-16H2,1-3H3,(H2,25,27,28). The van der Waals surface area contributed by atoms with Gasteiger partial charge in [0.25, 0.3) is 0 Å². The summed E-state index contributed by atoms with van der Waals surface area (Å²) in [7, 11) is 0. The number of aliphatic imine (C=N–C) groups is 1. The molecule has 0 saturated heterocycles. The quantitative estimate of drug-likeness (QED) is 0.343. The van der Waals surface area contributed by atoms with Gasteiger partial charge in [-0.3, -0.25) is 4.40 Å². The molecule has 0 amide bonds. The van der Waals surface area contributed by atoms with E-state index in [1.165, 1.54) is 11.1 Å². The molecule has 4 aromatic rings. The van der Waals surface area contributed by atoms with Gasteiger partial charge in [-0.25, -0.2) is 9.98 Å². The Hall–Kier alpha value is -3.94. The number of benzene rings is 1. The summed E-state index contributed by atoms with van der Waals surface area (Å²) in [6.07, 6.45) is 3.69. The summed E-state index contributed by atoms with van der Waals surface area (Å²) in [5.74, 6) is 2.85. The molecule has 0 aliphatic rings. The molecule has 1 aromatic carbocycles. The number of rotatable bonds is 7. The average Bonchev–Trinajstić information content (AvgIpc) is 3.22. The molecule has 3 aromatic heterocycles. The normalized spacial score (nSPS) is 11.5. The smallest absolute Gasteiger partial charge is 0.219 e. The first-order chi connectivity index (χ1) is 15.6. The first-order valence-corrected chi connectivity index (χ1v) is 10.6. The van der Waals surface area contributed by atoms with Gasteiger partial charge in [0, 0.05) is 25.0 Å². The fraction of sp³-hybridized carbons (Fsp3) is 0.250. The van der Waals surface area contributed by atoms with E-state index in [1.54, 1.807) is 6.20 Å². The number of nitrogens with zero attached hydrogens (tertiary/aromatic N) is 5. The predicted octanol–water partition coefficient (Wildman–Crippen LogP) is 3.79. The number of pyridine rings is 2. The summed E-state index contributed by atoms with van der Waals surface area (Å²) >= 11 is 0. The zero-order valence-electron chi connectivity index (χ0n) is 18.5. The van der Waals surface area contributed by atoms with Gasteiger partial charge in [0.2, 0.25) is 5.88 Å². The molecule has 0 bridgehead atoms. The highest BCUT2D eigenvalue weighted by atomic mass is 16.5. The van der Waals surface area contributed by atoms with Crippen LogP contribution in [0.4, 0.5) is 0 Å². The lowest BCUT2D eigenvalue weighted by Crippen LogP contribution is -2.37. The second-order valence-corrected chi connectivity index (χ2v) is 7.44. The highest BCUT2D eigenvalue weighted by Crippen LogP contribution is 2.22. The molecule has 8 nitrogen and oxygen atoms in total. The van der Waals surface area contributed by atoms with Gasteiger partial charge in [-0.05, 0) is 67.8 Å². The van der Waals surface area contributed by atoms with Crippen LogP contribution in [0.15, 0.2) is 65.9 Å². The lowest BCUT2D eigenvalue weighted by Gasteiger charge is -2.11. The highest BCUT2D eigenvalue weighted by Gasteiger charge is 2.06. The molecule has 0 atom stereocenters. The number of nitrogens with one attached hydrogen (secondary N) is 2. The Balaban J connectivity index is 1.42. The van der Waals surface area contributed by atoms with Gasteiger partial charge in [-0.1, -0.05) is 12.1 Å². The van der Waals surface area contributed by atoms with Gasteiger partial charge < -0.3 is 15.4 Å². The molecule has 32 heavy (non-hydrogen) atoms. The third-order valence-corrected chi connectivity index (χ3v) is 5.06. The minimum Gasteiger partial charge on any atom is -0.439 e. The van der Waals surface area contributed by atoms with Gasteiger partial charge in [0.1, 0.15) is 5.75 Å². The maximum absolute atomic E-state index is 5.94. The number of hydrogen-bond acceptors (Lipinski definition) is 5. The van der Waals surface area contributed by atoms with Crippen molar-refractivity contribution in [3.63, 3.8) is 0 Å². The third-order valence-electron chi connectivity index (χ3n) is 5.06. The van der Waals surface area contributed by atoms with Crippen molar-refractivity contribution in [3.05, 3.63) is 83.4 Å². The van der Waals surface area contributed by atoms with E-state index in [2.05, 4.69) is 39.7 Å². The molecule has 3 heterocycles. The minimum absolute atomic E-state index is 0.488. The molecule has 0 unspecified atom stereocenters. The molecule has 0 spiro atoms. The second-order valence-electron chi connectivity index (χ2n) is 7.44. The number of guanidine groups is 1. The number of fused-ring (bicyclic) bond motifs is 1. The van der Waals surface area contributed by atoms with Gasteiger partial charge in [0.05, 0.1) is 13.1 Å². The molecule has 164 valence electrons. The Bertz CT molecular complexity index is 1230. The molecule has 0 fully saturated rings. The second kappa shape index (κ2) is 9.91. The van der Waals surface area contributed by atoms with Crippen LogP contribution in [-0.4, -0.2) is 32.1 Å². The first-order valence-electron chi connectivity index (χ1n) is 10.6. The fourth-order valence-electron chi connectivity index (χ4n) is 3.19. The maximum Gasteiger partial charge on any atom is 0.219 e. The zero-order valence-corrected chi connectivity index (χ0v) is 18.5. The summed E-state index contributed by atoms with van der Waals surface area (Å²) in [5, 5.41) is 15.0. The van der Waals surface area contributed by atoms with E-state index in [9.17, 15) is 0 Å². The van der Waals surface area contributed by atoms with Crippen molar-refractivity contribution in [2.75, 3.05) is 6.54 Å². The lowest BCUT2D eigenvalue weighted by atomic mass is 10.1. The first kappa shape index (κ1) is 21.3. The van der Waals surface area contributed by atoms with E-state index < -0.39 is 0 Å². The molecule has 0 aliphatic carbocycles. The number of hydrogen-bond donors (Lipinski definition) is 2. The predicted molar refractivity (Wildman–Crippen MR) is 125 cm³/mol. The largest absolute Gasteiger partial charge is 0.439 e. The van der Waals surface area contributed by atoms with E-state index in [1.807, 2.05) is 66.1 Å². The van der Waals surface area contributed by atoms with Crippen molar-refractivity contribution in [1.82, 2.24) is 30.2 Å². The van der Waals surface area contributed by atoms with Crippen LogP contribution in [0.5, 0.6) is 11.6 Å². The number of aryl methyl sites for hydroxylation is 2.